The summed E-state index contributed by atoms with van der Waals surface area (Å²) in [6.07, 6.45) is 8.04. The molecule has 0 bridgehead atoms. The van der Waals surface area contributed by atoms with Crippen LogP contribution in [-0.4, -0.2) is 39.7 Å². The smallest absolute Gasteiger partial charge is 0.253 e. The summed E-state index contributed by atoms with van der Waals surface area (Å²) in [5.41, 5.74) is 1.56. The number of nitriles is 1. The quantitative estimate of drug-likeness (QED) is 0.614. The first-order valence-electron chi connectivity index (χ1n) is 8.98. The highest BCUT2D eigenvalue weighted by atomic mass is 32.2. The van der Waals surface area contributed by atoms with E-state index in [1.165, 1.54) is 0 Å². The van der Waals surface area contributed by atoms with Crippen LogP contribution in [0.5, 0.6) is 0 Å². The normalized spacial score (nSPS) is 10.7. The maximum absolute atomic E-state index is 13.1. The minimum atomic E-state index is -0.0141. The summed E-state index contributed by atoms with van der Waals surface area (Å²) in [4.78, 5) is 19.2. The zero-order valence-electron chi connectivity index (χ0n) is 15.7. The van der Waals surface area contributed by atoms with Gasteiger partial charge in [-0.3, -0.25) is 9.36 Å². The Morgan fingerprint density at radius 1 is 1.38 bits per heavy atom. The number of carbonyl (C=O) groups excluding carboxylic acids is 1. The average Bonchev–Trinajstić information content (AvgIpc) is 3.17. The highest BCUT2D eigenvalue weighted by Gasteiger charge is 2.19. The van der Waals surface area contributed by atoms with Gasteiger partial charge in [-0.25, -0.2) is 4.98 Å². The number of hydrogen-bond donors (Lipinski definition) is 0. The summed E-state index contributed by atoms with van der Waals surface area (Å²) in [5, 5.41) is 9.82. The first kappa shape index (κ1) is 20.1. The van der Waals surface area contributed by atoms with Crippen molar-refractivity contribution in [3.63, 3.8) is 0 Å². The number of imidazole rings is 1. The average molecular weight is 371 g/mol. The number of hydrogen-bond acceptors (Lipinski definition) is 4. The Kier molecular flexibility index (Phi) is 7.73. The molecule has 0 fully saturated rings. The van der Waals surface area contributed by atoms with Crippen molar-refractivity contribution in [2.24, 2.45) is 5.92 Å². The Morgan fingerprint density at radius 3 is 2.81 bits per heavy atom. The van der Waals surface area contributed by atoms with Crippen LogP contribution in [0.2, 0.25) is 0 Å². The highest BCUT2D eigenvalue weighted by molar-refractivity contribution is 7.98. The van der Waals surface area contributed by atoms with E-state index in [-0.39, 0.29) is 5.91 Å². The molecule has 0 saturated heterocycles. The van der Waals surface area contributed by atoms with Gasteiger partial charge >= 0.3 is 0 Å². The van der Waals surface area contributed by atoms with E-state index in [0.29, 0.717) is 31.0 Å². The fourth-order valence-electron chi connectivity index (χ4n) is 2.93. The van der Waals surface area contributed by atoms with Crippen LogP contribution in [0.1, 0.15) is 43.5 Å². The van der Waals surface area contributed by atoms with Gasteiger partial charge in [-0.1, -0.05) is 44.5 Å². The van der Waals surface area contributed by atoms with Crippen LogP contribution in [0.15, 0.2) is 41.8 Å². The second kappa shape index (κ2) is 10.0. The predicted molar refractivity (Wildman–Crippen MR) is 106 cm³/mol. The number of aromatic nitrogens is 2. The van der Waals surface area contributed by atoms with Crippen molar-refractivity contribution < 1.29 is 4.79 Å². The topological polar surface area (TPSA) is 61.9 Å². The van der Waals surface area contributed by atoms with Gasteiger partial charge in [0, 0.05) is 36.7 Å². The van der Waals surface area contributed by atoms with E-state index in [1.807, 2.05) is 46.2 Å². The molecule has 0 radical (unpaired) electrons. The van der Waals surface area contributed by atoms with Crippen molar-refractivity contribution in [1.29, 1.82) is 5.26 Å². The van der Waals surface area contributed by atoms with Crippen LogP contribution in [-0.2, 0) is 0 Å². The van der Waals surface area contributed by atoms with Crippen LogP contribution >= 0.6 is 11.8 Å². The minimum Gasteiger partial charge on any atom is -0.337 e. The largest absolute Gasteiger partial charge is 0.337 e. The van der Waals surface area contributed by atoms with E-state index in [0.717, 1.165) is 23.7 Å². The summed E-state index contributed by atoms with van der Waals surface area (Å²) >= 11 is 1.56. The van der Waals surface area contributed by atoms with Crippen molar-refractivity contribution >= 4 is 17.7 Å². The number of benzene rings is 1. The molecular weight excluding hydrogens is 344 g/mol. The number of nitrogens with zero attached hydrogens (tertiary/aromatic N) is 4. The molecule has 1 heterocycles. The van der Waals surface area contributed by atoms with Crippen molar-refractivity contribution in [2.45, 2.75) is 38.3 Å². The van der Waals surface area contributed by atoms with Crippen molar-refractivity contribution in [3.05, 3.63) is 42.2 Å². The molecule has 0 aliphatic rings. The van der Waals surface area contributed by atoms with Gasteiger partial charge in [0.2, 0.25) is 0 Å². The standard InChI is InChI=1S/C20H26N4OS/c1-4-16(5-2)15-23(12-7-10-21)19(25)17-8-6-9-18(14-17)24-13-11-22-20(24)26-3/h6,8-9,11,13-14,16H,4-5,7,12,15H2,1-3H3. The van der Waals surface area contributed by atoms with Crippen molar-refractivity contribution in [3.8, 4) is 11.8 Å². The molecule has 0 saturated carbocycles. The van der Waals surface area contributed by atoms with E-state index in [4.69, 9.17) is 5.26 Å². The number of carbonyl (C=O) groups is 1. The number of rotatable bonds is 9. The predicted octanol–water partition coefficient (Wildman–Crippen LogP) is 4.39. The molecule has 1 amide bonds. The zero-order valence-corrected chi connectivity index (χ0v) is 16.5. The Balaban J connectivity index is 2.27. The Hall–Kier alpha value is -2.26. The van der Waals surface area contributed by atoms with Gasteiger partial charge in [-0.15, -0.1) is 0 Å². The number of amides is 1. The van der Waals surface area contributed by atoms with E-state index in [1.54, 1.807) is 18.0 Å². The zero-order chi connectivity index (χ0) is 18.9. The monoisotopic (exact) mass is 370 g/mol. The second-order valence-electron chi connectivity index (χ2n) is 6.18. The molecule has 0 N–H and O–H groups in total. The first-order chi connectivity index (χ1) is 12.6. The summed E-state index contributed by atoms with van der Waals surface area (Å²) < 4.78 is 1.97. The molecule has 0 aliphatic carbocycles. The lowest BCUT2D eigenvalue weighted by Gasteiger charge is -2.26. The lowest BCUT2D eigenvalue weighted by atomic mass is 10.0. The van der Waals surface area contributed by atoms with Gasteiger partial charge in [0.05, 0.1) is 12.5 Å². The lowest BCUT2D eigenvalue weighted by molar-refractivity contribution is 0.0729. The molecular formula is C20H26N4OS. The molecule has 138 valence electrons. The molecule has 2 rings (SSSR count). The second-order valence-corrected chi connectivity index (χ2v) is 6.95. The van der Waals surface area contributed by atoms with Gasteiger partial charge in [0.25, 0.3) is 5.91 Å². The first-order valence-corrected chi connectivity index (χ1v) is 10.2. The molecule has 1 aromatic heterocycles. The van der Waals surface area contributed by atoms with Gasteiger partial charge in [-0.2, -0.15) is 5.26 Å². The molecule has 2 aromatic rings. The Labute approximate surface area is 160 Å². The summed E-state index contributed by atoms with van der Waals surface area (Å²) in [6, 6.07) is 9.76. The minimum absolute atomic E-state index is 0.0141. The molecule has 26 heavy (non-hydrogen) atoms. The third-order valence-corrected chi connectivity index (χ3v) is 5.24. The van der Waals surface area contributed by atoms with Crippen molar-refractivity contribution in [1.82, 2.24) is 14.5 Å². The maximum Gasteiger partial charge on any atom is 0.253 e. The van der Waals surface area contributed by atoms with E-state index >= 15 is 0 Å². The molecule has 5 nitrogen and oxygen atoms in total. The fraction of sp³-hybridized carbons (Fsp3) is 0.450. The van der Waals surface area contributed by atoms with Crippen LogP contribution in [0.25, 0.3) is 5.69 Å². The van der Waals surface area contributed by atoms with E-state index in [2.05, 4.69) is 24.9 Å². The van der Waals surface area contributed by atoms with E-state index < -0.39 is 0 Å². The molecule has 1 aromatic carbocycles. The molecule has 0 atom stereocenters. The molecule has 0 unspecified atom stereocenters. The van der Waals surface area contributed by atoms with Crippen LogP contribution in [0.3, 0.4) is 0 Å². The SMILES string of the molecule is CCC(CC)CN(CCC#N)C(=O)c1cccc(-n2ccnc2SC)c1. The van der Waals surface area contributed by atoms with Gasteiger partial charge in [0.1, 0.15) is 0 Å². The fourth-order valence-corrected chi connectivity index (χ4v) is 3.46. The molecule has 0 spiro atoms. The van der Waals surface area contributed by atoms with Gasteiger partial charge in [0.15, 0.2) is 5.16 Å². The van der Waals surface area contributed by atoms with Gasteiger partial charge < -0.3 is 4.90 Å². The van der Waals surface area contributed by atoms with Crippen molar-refractivity contribution in [2.75, 3.05) is 19.3 Å². The number of thioether (sulfide) groups is 1. The summed E-state index contributed by atoms with van der Waals surface area (Å²) in [5.74, 6) is 0.442. The molecule has 0 aliphatic heterocycles. The molecule has 6 heteroatoms. The van der Waals surface area contributed by atoms with Crippen LogP contribution < -0.4 is 0 Å². The van der Waals surface area contributed by atoms with Gasteiger partial charge in [-0.05, 0) is 30.4 Å². The van der Waals surface area contributed by atoms with Crippen LogP contribution in [0, 0.1) is 17.2 Å². The third-order valence-electron chi connectivity index (χ3n) is 4.57. The summed E-state index contributed by atoms with van der Waals surface area (Å²) in [7, 11) is 0. The Bertz CT molecular complexity index is 761. The Morgan fingerprint density at radius 2 is 2.15 bits per heavy atom. The lowest BCUT2D eigenvalue weighted by Crippen LogP contribution is -2.36. The highest BCUT2D eigenvalue weighted by Crippen LogP contribution is 2.20. The van der Waals surface area contributed by atoms with E-state index in [9.17, 15) is 4.79 Å². The van der Waals surface area contributed by atoms with Crippen LogP contribution in [0.4, 0.5) is 0 Å². The third kappa shape index (κ3) is 4.89. The summed E-state index contributed by atoms with van der Waals surface area (Å²) in [6.45, 7) is 5.45. The maximum atomic E-state index is 13.1.